The molecular formula is C16H26N4O. The van der Waals surface area contributed by atoms with Crippen LogP contribution in [0.5, 0.6) is 0 Å². The van der Waals surface area contributed by atoms with E-state index in [0.717, 1.165) is 25.8 Å². The van der Waals surface area contributed by atoms with Gasteiger partial charge in [-0.2, -0.15) is 0 Å². The van der Waals surface area contributed by atoms with E-state index >= 15 is 0 Å². The molecule has 1 aromatic rings. The van der Waals surface area contributed by atoms with Gasteiger partial charge in [0.25, 0.3) is 5.91 Å². The molecule has 1 atom stereocenters. The molecule has 1 amide bonds. The second-order valence-corrected chi connectivity index (χ2v) is 6.70. The molecule has 0 bridgehead atoms. The molecule has 0 spiro atoms. The highest BCUT2D eigenvalue weighted by Gasteiger charge is 2.27. The van der Waals surface area contributed by atoms with Crippen molar-refractivity contribution in [3.05, 3.63) is 18.0 Å². The number of carbonyl (C=O) groups excluding carboxylic acids is 1. The lowest BCUT2D eigenvalue weighted by atomic mass is 9.99. The number of piperidine rings is 1. The van der Waals surface area contributed by atoms with Crippen LogP contribution >= 0.6 is 0 Å². The Bertz CT molecular complexity index is 495. The molecule has 5 heteroatoms. The molecule has 0 radical (unpaired) electrons. The van der Waals surface area contributed by atoms with Crippen molar-refractivity contribution in [2.24, 2.45) is 0 Å². The highest BCUT2D eigenvalue weighted by molar-refractivity contribution is 5.92. The summed E-state index contributed by atoms with van der Waals surface area (Å²) >= 11 is 0. The first-order valence-electron chi connectivity index (χ1n) is 7.83. The van der Waals surface area contributed by atoms with Gasteiger partial charge in [0.05, 0.1) is 0 Å². The smallest absolute Gasteiger partial charge is 0.272 e. The van der Waals surface area contributed by atoms with Crippen LogP contribution < -0.4 is 5.32 Å². The van der Waals surface area contributed by atoms with Crippen LogP contribution in [0.1, 0.15) is 63.9 Å². The lowest BCUT2D eigenvalue weighted by Crippen LogP contribution is -2.43. The summed E-state index contributed by atoms with van der Waals surface area (Å²) in [5.41, 5.74) is 0.357. The van der Waals surface area contributed by atoms with E-state index in [9.17, 15) is 4.79 Å². The number of likely N-dealkylation sites (tertiary alicyclic amines) is 1. The summed E-state index contributed by atoms with van der Waals surface area (Å²) in [6.07, 6.45) is 6.05. The largest absolute Gasteiger partial charge is 0.350 e. The average molecular weight is 290 g/mol. The van der Waals surface area contributed by atoms with Crippen LogP contribution in [0, 0.1) is 0 Å². The topological polar surface area (TPSA) is 58.1 Å². The summed E-state index contributed by atoms with van der Waals surface area (Å²) < 4.78 is 0. The van der Waals surface area contributed by atoms with E-state index in [0.29, 0.717) is 17.7 Å². The Morgan fingerprint density at radius 3 is 2.86 bits per heavy atom. The van der Waals surface area contributed by atoms with Gasteiger partial charge in [-0.05, 0) is 52.5 Å². The predicted octanol–water partition coefficient (Wildman–Crippen LogP) is 3.09. The zero-order valence-corrected chi connectivity index (χ0v) is 13.5. The maximum absolute atomic E-state index is 12.7. The summed E-state index contributed by atoms with van der Waals surface area (Å²) in [4.78, 5) is 23.3. The van der Waals surface area contributed by atoms with E-state index < -0.39 is 0 Å². The van der Waals surface area contributed by atoms with E-state index in [4.69, 9.17) is 0 Å². The second-order valence-electron chi connectivity index (χ2n) is 6.70. The van der Waals surface area contributed by atoms with Crippen LogP contribution in [0.15, 0.2) is 12.3 Å². The van der Waals surface area contributed by atoms with Crippen molar-refractivity contribution in [2.75, 3.05) is 11.9 Å². The van der Waals surface area contributed by atoms with E-state index in [1.54, 1.807) is 12.3 Å². The van der Waals surface area contributed by atoms with Gasteiger partial charge in [0.2, 0.25) is 5.95 Å². The third-order valence-corrected chi connectivity index (χ3v) is 3.72. The van der Waals surface area contributed by atoms with Crippen LogP contribution in [-0.2, 0) is 0 Å². The van der Waals surface area contributed by atoms with Crippen molar-refractivity contribution in [3.63, 3.8) is 0 Å². The lowest BCUT2D eigenvalue weighted by molar-refractivity contribution is 0.0602. The summed E-state index contributed by atoms with van der Waals surface area (Å²) in [6.45, 7) is 9.11. The molecule has 116 valence electrons. The van der Waals surface area contributed by atoms with Crippen LogP contribution in [0.25, 0.3) is 0 Å². The third-order valence-electron chi connectivity index (χ3n) is 3.72. The summed E-state index contributed by atoms with van der Waals surface area (Å²) in [6, 6.07) is 2.05. The zero-order chi connectivity index (χ0) is 15.5. The number of rotatable bonds is 3. The Morgan fingerprint density at radius 2 is 2.19 bits per heavy atom. The molecule has 0 saturated carbocycles. The van der Waals surface area contributed by atoms with Gasteiger partial charge in [0.15, 0.2) is 0 Å². The number of hydrogen-bond donors (Lipinski definition) is 1. The predicted molar refractivity (Wildman–Crippen MR) is 84.4 cm³/mol. The number of amides is 1. The fourth-order valence-corrected chi connectivity index (χ4v) is 2.71. The number of hydrogen-bond acceptors (Lipinski definition) is 4. The van der Waals surface area contributed by atoms with Crippen LogP contribution in [-0.4, -0.2) is 38.9 Å². The maximum atomic E-state index is 12.7. The van der Waals surface area contributed by atoms with Crippen LogP contribution in [0.3, 0.4) is 0 Å². The third kappa shape index (κ3) is 4.16. The minimum absolute atomic E-state index is 0.0286. The number of carbonyl (C=O) groups is 1. The van der Waals surface area contributed by atoms with Gasteiger partial charge in [-0.1, -0.05) is 6.92 Å². The lowest BCUT2D eigenvalue weighted by Gasteiger charge is -2.35. The maximum Gasteiger partial charge on any atom is 0.272 e. The van der Waals surface area contributed by atoms with Crippen molar-refractivity contribution in [2.45, 2.75) is 65.0 Å². The quantitative estimate of drug-likeness (QED) is 0.929. The second kappa shape index (κ2) is 6.41. The number of aromatic nitrogens is 2. The summed E-state index contributed by atoms with van der Waals surface area (Å²) in [5, 5.41) is 3.21. The molecule has 2 rings (SSSR count). The zero-order valence-electron chi connectivity index (χ0n) is 13.5. The number of nitrogens with one attached hydrogen (secondary N) is 1. The SMILES string of the molecule is CCC1CCCCN1C(=O)c1ccnc(NC(C)(C)C)n1. The van der Waals surface area contributed by atoms with Gasteiger partial charge in [-0.25, -0.2) is 9.97 Å². The summed E-state index contributed by atoms with van der Waals surface area (Å²) in [7, 11) is 0. The van der Waals surface area contributed by atoms with Crippen molar-refractivity contribution in [1.29, 1.82) is 0 Å². The molecule has 2 heterocycles. The first kappa shape index (κ1) is 15.7. The van der Waals surface area contributed by atoms with Gasteiger partial charge in [0.1, 0.15) is 5.69 Å². The van der Waals surface area contributed by atoms with Crippen molar-refractivity contribution in [1.82, 2.24) is 14.9 Å². The molecule has 1 fully saturated rings. The molecule has 1 saturated heterocycles. The van der Waals surface area contributed by atoms with Gasteiger partial charge < -0.3 is 10.2 Å². The highest BCUT2D eigenvalue weighted by Crippen LogP contribution is 2.21. The number of nitrogens with zero attached hydrogens (tertiary/aromatic N) is 3. The minimum atomic E-state index is -0.126. The Morgan fingerprint density at radius 1 is 1.43 bits per heavy atom. The first-order chi connectivity index (χ1) is 9.90. The van der Waals surface area contributed by atoms with E-state index in [-0.39, 0.29) is 11.4 Å². The minimum Gasteiger partial charge on any atom is -0.350 e. The molecule has 1 aliphatic heterocycles. The first-order valence-corrected chi connectivity index (χ1v) is 7.83. The Kier molecular flexibility index (Phi) is 4.80. The normalized spacial score (nSPS) is 19.4. The van der Waals surface area contributed by atoms with Crippen molar-refractivity contribution >= 4 is 11.9 Å². The summed E-state index contributed by atoms with van der Waals surface area (Å²) in [5.74, 6) is 0.541. The highest BCUT2D eigenvalue weighted by atomic mass is 16.2. The number of anilines is 1. The van der Waals surface area contributed by atoms with E-state index in [2.05, 4.69) is 22.2 Å². The molecule has 5 nitrogen and oxygen atoms in total. The molecule has 0 aromatic carbocycles. The average Bonchev–Trinajstić information content (AvgIpc) is 2.45. The fourth-order valence-electron chi connectivity index (χ4n) is 2.71. The molecule has 0 aliphatic carbocycles. The fraction of sp³-hybridized carbons (Fsp3) is 0.688. The van der Waals surface area contributed by atoms with Gasteiger partial charge >= 0.3 is 0 Å². The van der Waals surface area contributed by atoms with Crippen molar-refractivity contribution in [3.8, 4) is 0 Å². The van der Waals surface area contributed by atoms with Gasteiger partial charge in [0, 0.05) is 24.3 Å². The monoisotopic (exact) mass is 290 g/mol. The van der Waals surface area contributed by atoms with Crippen molar-refractivity contribution < 1.29 is 4.79 Å². The standard InChI is InChI=1S/C16H26N4O/c1-5-12-8-6-7-11-20(12)14(21)13-9-10-17-15(18-13)19-16(2,3)4/h9-10,12H,5-8,11H2,1-4H3,(H,17,18,19). The molecule has 1 N–H and O–H groups in total. The van der Waals surface area contributed by atoms with Gasteiger partial charge in [-0.15, -0.1) is 0 Å². The molecule has 1 aromatic heterocycles. The Labute approximate surface area is 127 Å². The Hall–Kier alpha value is -1.65. The molecule has 1 aliphatic rings. The molecule has 21 heavy (non-hydrogen) atoms. The van der Waals surface area contributed by atoms with Crippen LogP contribution in [0.2, 0.25) is 0 Å². The van der Waals surface area contributed by atoms with E-state index in [1.807, 2.05) is 25.7 Å². The molecule has 1 unspecified atom stereocenters. The molecular weight excluding hydrogens is 264 g/mol. The van der Waals surface area contributed by atoms with E-state index in [1.165, 1.54) is 6.42 Å². The van der Waals surface area contributed by atoms with Crippen LogP contribution in [0.4, 0.5) is 5.95 Å². The van der Waals surface area contributed by atoms with Gasteiger partial charge in [-0.3, -0.25) is 4.79 Å². The Balaban J connectivity index is 2.17.